The van der Waals surface area contributed by atoms with E-state index in [0.29, 0.717) is 24.2 Å². The van der Waals surface area contributed by atoms with Gasteiger partial charge in [-0.05, 0) is 30.0 Å². The molecule has 1 saturated heterocycles. The van der Waals surface area contributed by atoms with Gasteiger partial charge in [0.1, 0.15) is 6.04 Å². The molecule has 4 rings (SSSR count). The SMILES string of the molecule is O=C(C(CS(=O)(=O)Cc1ccccc1)N1Cc2ccccc2C1=O)N1CCCC1. The van der Waals surface area contributed by atoms with Crippen LogP contribution in [0.2, 0.25) is 0 Å². The van der Waals surface area contributed by atoms with E-state index >= 15 is 0 Å². The van der Waals surface area contributed by atoms with Crippen molar-refractivity contribution in [2.45, 2.75) is 31.2 Å². The lowest BCUT2D eigenvalue weighted by atomic mass is 10.1. The Morgan fingerprint density at radius 3 is 2.31 bits per heavy atom. The maximum absolute atomic E-state index is 13.2. The second kappa shape index (κ2) is 7.99. The summed E-state index contributed by atoms with van der Waals surface area (Å²) < 4.78 is 25.9. The summed E-state index contributed by atoms with van der Waals surface area (Å²) in [5.41, 5.74) is 2.06. The quantitative estimate of drug-likeness (QED) is 0.729. The molecule has 1 atom stereocenters. The zero-order valence-electron chi connectivity index (χ0n) is 16.2. The third-order valence-electron chi connectivity index (χ3n) is 5.57. The van der Waals surface area contributed by atoms with E-state index in [1.807, 2.05) is 18.2 Å². The first-order valence-corrected chi connectivity index (χ1v) is 11.7. The second-order valence-electron chi connectivity index (χ2n) is 7.68. The van der Waals surface area contributed by atoms with Crippen molar-refractivity contribution in [2.75, 3.05) is 18.8 Å². The van der Waals surface area contributed by atoms with Gasteiger partial charge in [0.15, 0.2) is 9.84 Å². The summed E-state index contributed by atoms with van der Waals surface area (Å²) in [6, 6.07) is 15.1. The molecule has 2 aromatic carbocycles. The van der Waals surface area contributed by atoms with Gasteiger partial charge in [-0.3, -0.25) is 9.59 Å². The van der Waals surface area contributed by atoms with Crippen LogP contribution in [0.1, 0.15) is 34.3 Å². The Balaban J connectivity index is 1.61. The van der Waals surface area contributed by atoms with Gasteiger partial charge < -0.3 is 9.80 Å². The van der Waals surface area contributed by atoms with Crippen LogP contribution in [0.25, 0.3) is 0 Å². The lowest BCUT2D eigenvalue weighted by Gasteiger charge is -2.30. The Morgan fingerprint density at radius 2 is 1.62 bits per heavy atom. The number of carbonyl (C=O) groups is 2. The molecule has 152 valence electrons. The van der Waals surface area contributed by atoms with Crippen LogP contribution in [0.3, 0.4) is 0 Å². The first kappa shape index (κ1) is 19.6. The highest BCUT2D eigenvalue weighted by Crippen LogP contribution is 2.27. The number of nitrogens with zero attached hydrogens (tertiary/aromatic N) is 2. The largest absolute Gasteiger partial charge is 0.341 e. The Morgan fingerprint density at radius 1 is 0.966 bits per heavy atom. The molecule has 6 nitrogen and oxygen atoms in total. The smallest absolute Gasteiger partial charge is 0.255 e. The molecule has 2 aliphatic rings. The molecule has 0 spiro atoms. The normalized spacial score (nSPS) is 17.4. The predicted molar refractivity (Wildman–Crippen MR) is 110 cm³/mol. The molecule has 1 fully saturated rings. The van der Waals surface area contributed by atoms with Crippen molar-refractivity contribution in [2.24, 2.45) is 0 Å². The molecule has 0 saturated carbocycles. The molecule has 2 amide bonds. The molecule has 2 aromatic rings. The molecule has 0 N–H and O–H groups in total. The molecular formula is C22H24N2O4S. The van der Waals surface area contributed by atoms with Gasteiger partial charge in [-0.25, -0.2) is 8.42 Å². The number of sulfone groups is 1. The fourth-order valence-electron chi connectivity index (χ4n) is 4.10. The zero-order chi connectivity index (χ0) is 20.4. The number of rotatable bonds is 6. The highest BCUT2D eigenvalue weighted by atomic mass is 32.2. The number of likely N-dealkylation sites (tertiary alicyclic amines) is 1. The van der Waals surface area contributed by atoms with E-state index in [2.05, 4.69) is 0 Å². The van der Waals surface area contributed by atoms with E-state index in [-0.39, 0.29) is 29.9 Å². The Kier molecular flexibility index (Phi) is 5.41. The molecular weight excluding hydrogens is 388 g/mol. The average Bonchev–Trinajstić information content (AvgIpc) is 3.35. The van der Waals surface area contributed by atoms with Gasteiger partial charge in [0.2, 0.25) is 5.91 Å². The van der Waals surface area contributed by atoms with Crippen LogP contribution in [0, 0.1) is 0 Å². The Bertz CT molecular complexity index is 1010. The summed E-state index contributed by atoms with van der Waals surface area (Å²) in [6.45, 7) is 1.49. The second-order valence-corrected chi connectivity index (χ2v) is 9.79. The van der Waals surface area contributed by atoms with Gasteiger partial charge in [0.25, 0.3) is 5.91 Å². The lowest BCUT2D eigenvalue weighted by molar-refractivity contribution is -0.134. The number of hydrogen-bond donors (Lipinski definition) is 0. The number of hydrogen-bond acceptors (Lipinski definition) is 4. The van der Waals surface area contributed by atoms with Crippen molar-refractivity contribution in [1.82, 2.24) is 9.80 Å². The van der Waals surface area contributed by atoms with Crippen LogP contribution in [-0.4, -0.2) is 54.9 Å². The minimum atomic E-state index is -3.60. The van der Waals surface area contributed by atoms with Crippen LogP contribution in [0.15, 0.2) is 54.6 Å². The molecule has 0 aromatic heterocycles. The molecule has 0 radical (unpaired) electrons. The van der Waals surface area contributed by atoms with Gasteiger partial charge in [0, 0.05) is 25.2 Å². The maximum atomic E-state index is 13.2. The highest BCUT2D eigenvalue weighted by Gasteiger charge is 2.40. The standard InChI is InChI=1S/C22H24N2O4S/c25-21-19-11-5-4-10-18(19)14-24(21)20(22(26)23-12-6-7-13-23)16-29(27,28)15-17-8-2-1-3-9-17/h1-5,8-11,20H,6-7,12-16H2. The molecule has 1 unspecified atom stereocenters. The minimum absolute atomic E-state index is 0.146. The van der Waals surface area contributed by atoms with Gasteiger partial charge in [0.05, 0.1) is 11.5 Å². The molecule has 2 aliphatic heterocycles. The minimum Gasteiger partial charge on any atom is -0.341 e. The number of amides is 2. The fourth-order valence-corrected chi connectivity index (χ4v) is 5.72. The van der Waals surface area contributed by atoms with Crippen molar-refractivity contribution < 1.29 is 18.0 Å². The number of benzene rings is 2. The van der Waals surface area contributed by atoms with Gasteiger partial charge >= 0.3 is 0 Å². The predicted octanol–water partition coefficient (Wildman–Crippen LogP) is 2.25. The first-order chi connectivity index (χ1) is 13.9. The molecule has 2 heterocycles. The van der Waals surface area contributed by atoms with E-state index in [4.69, 9.17) is 0 Å². The van der Waals surface area contributed by atoms with Crippen molar-refractivity contribution in [1.29, 1.82) is 0 Å². The van der Waals surface area contributed by atoms with E-state index < -0.39 is 15.9 Å². The van der Waals surface area contributed by atoms with Gasteiger partial charge in [-0.15, -0.1) is 0 Å². The first-order valence-electron chi connectivity index (χ1n) is 9.87. The van der Waals surface area contributed by atoms with Crippen molar-refractivity contribution in [3.8, 4) is 0 Å². The third kappa shape index (κ3) is 4.19. The summed E-state index contributed by atoms with van der Waals surface area (Å²) in [7, 11) is -3.60. The van der Waals surface area contributed by atoms with Crippen LogP contribution in [-0.2, 0) is 26.9 Å². The highest BCUT2D eigenvalue weighted by molar-refractivity contribution is 7.90. The zero-order valence-corrected chi connectivity index (χ0v) is 17.0. The van der Waals surface area contributed by atoms with Crippen LogP contribution < -0.4 is 0 Å². The van der Waals surface area contributed by atoms with Crippen molar-refractivity contribution in [3.05, 3.63) is 71.3 Å². The number of fused-ring (bicyclic) bond motifs is 1. The fraction of sp³-hybridized carbons (Fsp3) is 0.364. The maximum Gasteiger partial charge on any atom is 0.255 e. The Hall–Kier alpha value is -2.67. The molecule has 29 heavy (non-hydrogen) atoms. The van der Waals surface area contributed by atoms with Crippen LogP contribution >= 0.6 is 0 Å². The van der Waals surface area contributed by atoms with E-state index in [1.54, 1.807) is 41.3 Å². The van der Waals surface area contributed by atoms with E-state index in [9.17, 15) is 18.0 Å². The van der Waals surface area contributed by atoms with Crippen molar-refractivity contribution in [3.63, 3.8) is 0 Å². The molecule has 0 aliphatic carbocycles. The summed E-state index contributed by atoms with van der Waals surface area (Å²) in [5, 5.41) is 0. The van der Waals surface area contributed by atoms with E-state index in [1.165, 1.54) is 4.90 Å². The Labute approximate surface area is 171 Å². The van der Waals surface area contributed by atoms with Gasteiger partial charge in [-0.1, -0.05) is 48.5 Å². The third-order valence-corrected chi connectivity index (χ3v) is 7.17. The lowest BCUT2D eigenvalue weighted by Crippen LogP contribution is -2.51. The summed E-state index contributed by atoms with van der Waals surface area (Å²) >= 11 is 0. The summed E-state index contributed by atoms with van der Waals surface area (Å²) in [5.74, 6) is -1.04. The topological polar surface area (TPSA) is 74.8 Å². The summed E-state index contributed by atoms with van der Waals surface area (Å²) in [4.78, 5) is 29.3. The van der Waals surface area contributed by atoms with Gasteiger partial charge in [-0.2, -0.15) is 0 Å². The molecule has 0 bridgehead atoms. The number of carbonyl (C=O) groups excluding carboxylic acids is 2. The van der Waals surface area contributed by atoms with Crippen molar-refractivity contribution >= 4 is 21.7 Å². The monoisotopic (exact) mass is 412 g/mol. The average molecular weight is 413 g/mol. The van der Waals surface area contributed by atoms with E-state index in [0.717, 1.165) is 18.4 Å². The molecule has 7 heteroatoms. The summed E-state index contributed by atoms with van der Waals surface area (Å²) in [6.07, 6.45) is 1.81. The van der Waals surface area contributed by atoms with Crippen LogP contribution in [0.5, 0.6) is 0 Å². The van der Waals surface area contributed by atoms with Crippen LogP contribution in [0.4, 0.5) is 0 Å².